The van der Waals surface area contributed by atoms with Crippen molar-refractivity contribution in [2.75, 3.05) is 36.7 Å². The van der Waals surface area contributed by atoms with Gasteiger partial charge in [-0.05, 0) is 63.6 Å². The Morgan fingerprint density at radius 3 is 2.25 bits per heavy atom. The fraction of sp³-hybridized carbons (Fsp3) is 0.351. The Balaban J connectivity index is 0.000000218. The largest absolute Gasteiger partial charge is 0.481 e. The van der Waals surface area contributed by atoms with E-state index in [4.69, 9.17) is 71.2 Å². The zero-order valence-electron chi connectivity index (χ0n) is 33.1. The van der Waals surface area contributed by atoms with E-state index in [1.165, 1.54) is 39.1 Å². The summed E-state index contributed by atoms with van der Waals surface area (Å²) < 4.78 is 69.4. The molecule has 18 nitrogen and oxygen atoms in total. The fourth-order valence-electron chi connectivity index (χ4n) is 5.56. The van der Waals surface area contributed by atoms with Crippen molar-refractivity contribution in [3.05, 3.63) is 67.9 Å². The summed E-state index contributed by atoms with van der Waals surface area (Å²) in [6.07, 6.45) is 7.47. The molecule has 1 aliphatic heterocycles. The molecule has 2 aromatic heterocycles. The van der Waals surface area contributed by atoms with Crippen molar-refractivity contribution in [3.63, 3.8) is 0 Å². The number of benzene rings is 2. The van der Waals surface area contributed by atoms with Gasteiger partial charge < -0.3 is 29.9 Å². The summed E-state index contributed by atoms with van der Waals surface area (Å²) in [6, 6.07) is 5.89. The number of nitrogens with two attached hydrogens (primary N) is 1. The normalized spacial score (nSPS) is 15.6. The Morgan fingerprint density at radius 2 is 1.70 bits per heavy atom. The number of aryl methyl sites for hydroxylation is 1. The van der Waals surface area contributed by atoms with Gasteiger partial charge in [-0.15, -0.1) is 11.5 Å². The average molecular weight is 947 g/mol. The first-order chi connectivity index (χ1) is 28.5. The highest BCUT2D eigenvalue weighted by atomic mass is 35.5. The quantitative estimate of drug-likeness (QED) is 0.0736. The molecule has 24 heteroatoms. The molecule has 0 bridgehead atoms. The number of aromatic nitrogens is 4. The number of anilines is 2. The number of fused-ring (bicyclic) bond motifs is 1. The van der Waals surface area contributed by atoms with Crippen molar-refractivity contribution >= 4 is 87.1 Å². The molecule has 1 aliphatic carbocycles. The van der Waals surface area contributed by atoms with Gasteiger partial charge in [0, 0.05) is 30.0 Å². The van der Waals surface area contributed by atoms with Gasteiger partial charge in [0.15, 0.2) is 13.5 Å². The van der Waals surface area contributed by atoms with Crippen molar-refractivity contribution in [1.29, 1.82) is 0 Å². The molecule has 328 valence electrons. The van der Waals surface area contributed by atoms with E-state index in [2.05, 4.69) is 25.7 Å². The second-order valence-electron chi connectivity index (χ2n) is 13.4. The number of halogens is 4. The van der Waals surface area contributed by atoms with E-state index in [-0.39, 0.29) is 62.3 Å². The number of carbonyl (C=O) groups is 3. The van der Waals surface area contributed by atoms with E-state index in [0.29, 0.717) is 29.6 Å². The standard InChI is InChI=1S/C18H15ClFNO3.C14H13Cl2N5O4S.C5H12NO4P/c1-3-10(2)24-16-9-15(14(20)8-13(16)19)21-17(22)11-6-4-5-7-12(11)18(21)23;1-7-4-5-8(15)12(11(7)16)20-26(22,23)14-18-13-17-9(24-2)6-10(25-3)21(13)19-14;1-11(9,10)3-2-4(6)5(7)8/h1,8-10H,4-7H2,2H3;4-6,20H,1-3H3;4H,2-3,6H2,1H3,(H,7,8)(H,9,10). The molecule has 2 amide bonds. The average Bonchev–Trinajstić information content (AvgIpc) is 3.77. The summed E-state index contributed by atoms with van der Waals surface area (Å²) in [5.74, 6) is 0.0548. The van der Waals surface area contributed by atoms with Gasteiger partial charge in [0.05, 0.1) is 46.7 Å². The predicted molar refractivity (Wildman–Crippen MR) is 225 cm³/mol. The van der Waals surface area contributed by atoms with Crippen LogP contribution < -0.4 is 29.6 Å². The number of methoxy groups -OCH3 is 2. The van der Waals surface area contributed by atoms with E-state index in [9.17, 15) is 31.8 Å². The Kier molecular flexibility index (Phi) is 16.2. The molecule has 3 atom stereocenters. The summed E-state index contributed by atoms with van der Waals surface area (Å²) in [6.45, 7) is 4.54. The lowest BCUT2D eigenvalue weighted by atomic mass is 9.93. The number of rotatable bonds is 12. The molecule has 2 aromatic carbocycles. The molecule has 61 heavy (non-hydrogen) atoms. The van der Waals surface area contributed by atoms with Crippen LogP contribution in [-0.2, 0) is 29.0 Å². The third kappa shape index (κ3) is 11.9. The first-order valence-electron chi connectivity index (χ1n) is 17.9. The Bertz CT molecular complexity index is 2570. The molecular weight excluding hydrogens is 907 g/mol. The third-order valence-corrected chi connectivity index (χ3v) is 12.1. The minimum Gasteiger partial charge on any atom is -0.481 e. The van der Waals surface area contributed by atoms with Crippen LogP contribution in [0.3, 0.4) is 0 Å². The lowest BCUT2D eigenvalue weighted by molar-refractivity contribution is -0.138. The maximum absolute atomic E-state index is 14.4. The number of carboxylic acid groups (broad SMARTS) is 1. The van der Waals surface area contributed by atoms with E-state index in [1.54, 1.807) is 19.9 Å². The van der Waals surface area contributed by atoms with Crippen LogP contribution in [0.15, 0.2) is 46.6 Å². The first kappa shape index (κ1) is 48.7. The maximum atomic E-state index is 14.4. The van der Waals surface area contributed by atoms with Crippen LogP contribution in [0.4, 0.5) is 15.8 Å². The van der Waals surface area contributed by atoms with Crippen LogP contribution in [0.2, 0.25) is 15.1 Å². The molecule has 0 fully saturated rings. The number of nitrogens with zero attached hydrogens (tertiary/aromatic N) is 5. The summed E-state index contributed by atoms with van der Waals surface area (Å²) in [5.41, 5.74) is 6.60. The monoisotopic (exact) mass is 945 g/mol. The van der Waals surface area contributed by atoms with Crippen molar-refractivity contribution in [2.45, 2.75) is 63.3 Å². The number of amides is 2. The molecule has 5 N–H and O–H groups in total. The summed E-state index contributed by atoms with van der Waals surface area (Å²) in [5, 5.41) is 12.0. The van der Waals surface area contributed by atoms with Gasteiger partial charge in [-0.3, -0.25) is 23.7 Å². The topological polar surface area (TPSA) is 255 Å². The molecular formula is C37H40Cl3FN7O11PS. The van der Waals surface area contributed by atoms with Gasteiger partial charge in [0.2, 0.25) is 11.8 Å². The second kappa shape index (κ2) is 20.2. The number of hydrogen-bond donors (Lipinski definition) is 4. The predicted octanol–water partition coefficient (Wildman–Crippen LogP) is 5.87. The summed E-state index contributed by atoms with van der Waals surface area (Å²) in [7, 11) is -4.47. The zero-order valence-corrected chi connectivity index (χ0v) is 37.1. The minimum absolute atomic E-state index is 0.0111. The number of hydrogen-bond acceptors (Lipinski definition) is 13. The molecule has 0 radical (unpaired) electrons. The number of aliphatic carboxylic acids is 1. The van der Waals surface area contributed by atoms with E-state index in [0.717, 1.165) is 28.3 Å². The van der Waals surface area contributed by atoms with E-state index in [1.807, 2.05) is 0 Å². The van der Waals surface area contributed by atoms with Gasteiger partial charge in [-0.2, -0.15) is 22.9 Å². The van der Waals surface area contributed by atoms with E-state index >= 15 is 0 Å². The number of carboxylic acids is 1. The zero-order chi connectivity index (χ0) is 45.6. The van der Waals surface area contributed by atoms with Crippen molar-refractivity contribution < 1.29 is 56.0 Å². The lowest BCUT2D eigenvalue weighted by Gasteiger charge is -2.19. The summed E-state index contributed by atoms with van der Waals surface area (Å²) >= 11 is 18.2. The van der Waals surface area contributed by atoms with Crippen LogP contribution in [0.25, 0.3) is 5.78 Å². The maximum Gasteiger partial charge on any atom is 0.320 e. The molecule has 4 aromatic rings. The minimum atomic E-state index is -4.18. The van der Waals surface area contributed by atoms with Crippen molar-refractivity contribution in [3.8, 4) is 29.9 Å². The summed E-state index contributed by atoms with van der Waals surface area (Å²) in [4.78, 5) is 52.8. The third-order valence-electron chi connectivity index (χ3n) is 8.76. The van der Waals surface area contributed by atoms with Crippen LogP contribution >= 0.6 is 42.2 Å². The highest BCUT2D eigenvalue weighted by Gasteiger charge is 2.41. The van der Waals surface area contributed by atoms with Crippen LogP contribution in [0, 0.1) is 25.1 Å². The fourth-order valence-corrected chi connectivity index (χ4v) is 8.05. The molecule has 0 saturated heterocycles. The van der Waals surface area contributed by atoms with Gasteiger partial charge in [-0.25, -0.2) is 9.29 Å². The number of nitrogens with one attached hydrogen (secondary N) is 1. The lowest BCUT2D eigenvalue weighted by Crippen LogP contribution is -2.32. The van der Waals surface area contributed by atoms with Crippen LogP contribution in [-0.4, -0.2) is 95.0 Å². The van der Waals surface area contributed by atoms with Crippen LogP contribution in [0.1, 0.15) is 44.6 Å². The molecule has 0 saturated carbocycles. The number of terminal acetylenes is 1. The molecule has 0 spiro atoms. The number of sulfonamides is 1. The second-order valence-corrected chi connectivity index (χ2v) is 18.7. The van der Waals surface area contributed by atoms with Crippen molar-refractivity contribution in [2.24, 2.45) is 5.73 Å². The highest BCUT2D eigenvalue weighted by Crippen LogP contribution is 2.40. The van der Waals surface area contributed by atoms with Gasteiger partial charge in [0.1, 0.15) is 17.6 Å². The molecule has 3 unspecified atom stereocenters. The van der Waals surface area contributed by atoms with Gasteiger partial charge in [0.25, 0.3) is 32.8 Å². The first-order valence-corrected chi connectivity index (χ1v) is 22.8. The van der Waals surface area contributed by atoms with E-state index < -0.39 is 58.3 Å². The Labute approximate surface area is 364 Å². The SMILES string of the molecule is C#CC(C)Oc1cc(N2C(=O)C3=C(CCCC3)C2=O)c(F)cc1Cl.COc1cc(OC)n2nc(S(=O)(=O)Nc3c(Cl)ccc(C)c3Cl)nc2n1.CP(=O)(O)CCC(N)C(=O)O. The Hall–Kier alpha value is -5.00. The molecule has 6 rings (SSSR count). The number of imide groups is 1. The van der Waals surface area contributed by atoms with Crippen molar-refractivity contribution in [1.82, 2.24) is 19.6 Å². The highest BCUT2D eigenvalue weighted by molar-refractivity contribution is 7.92. The Morgan fingerprint density at radius 1 is 1.08 bits per heavy atom. The number of carbonyl (C=O) groups excluding carboxylic acids is 2. The number of ether oxygens (including phenoxy) is 3. The molecule has 3 heterocycles. The molecule has 2 aliphatic rings. The van der Waals surface area contributed by atoms with Gasteiger partial charge in [-0.1, -0.05) is 46.8 Å². The smallest absolute Gasteiger partial charge is 0.320 e. The van der Waals surface area contributed by atoms with Crippen LogP contribution in [0.5, 0.6) is 17.5 Å². The van der Waals surface area contributed by atoms with Gasteiger partial charge >= 0.3 is 5.97 Å².